The van der Waals surface area contributed by atoms with Crippen molar-refractivity contribution in [3.05, 3.63) is 84.2 Å². The first-order valence-corrected chi connectivity index (χ1v) is 8.00. The van der Waals surface area contributed by atoms with E-state index in [1.807, 2.05) is 12.1 Å². The second kappa shape index (κ2) is 6.95. The highest BCUT2D eigenvalue weighted by atomic mass is 19.1. The molecule has 0 saturated heterocycles. The van der Waals surface area contributed by atoms with E-state index in [9.17, 15) is 13.2 Å². The molecule has 0 radical (unpaired) electrons. The van der Waals surface area contributed by atoms with Gasteiger partial charge in [-0.25, -0.2) is 13.2 Å². The van der Waals surface area contributed by atoms with Crippen LogP contribution in [0.5, 0.6) is 0 Å². The van der Waals surface area contributed by atoms with Crippen molar-refractivity contribution >= 4 is 0 Å². The topological polar surface area (TPSA) is 51.6 Å². The van der Waals surface area contributed by atoms with Gasteiger partial charge in [-0.05, 0) is 35.4 Å². The molecule has 0 unspecified atom stereocenters. The molecule has 0 bridgehead atoms. The molecule has 0 aliphatic rings. The summed E-state index contributed by atoms with van der Waals surface area (Å²) in [6.45, 7) is 0. The van der Waals surface area contributed by atoms with Crippen molar-refractivity contribution in [1.82, 2.24) is 20.4 Å². The summed E-state index contributed by atoms with van der Waals surface area (Å²) in [5.41, 5.74) is 2.03. The molecule has 0 N–H and O–H groups in total. The smallest absolute Gasteiger partial charge is 0.207 e. The average Bonchev–Trinajstić information content (AvgIpc) is 2.69. The van der Waals surface area contributed by atoms with E-state index in [-0.39, 0.29) is 23.0 Å². The van der Waals surface area contributed by atoms with E-state index < -0.39 is 11.6 Å². The fourth-order valence-electron chi connectivity index (χ4n) is 2.61. The first kappa shape index (κ1) is 16.8. The summed E-state index contributed by atoms with van der Waals surface area (Å²) >= 11 is 0. The monoisotopic (exact) mass is 364 g/mol. The van der Waals surface area contributed by atoms with Gasteiger partial charge in [0.1, 0.15) is 17.5 Å². The van der Waals surface area contributed by atoms with Gasteiger partial charge in [0.05, 0.1) is 5.56 Å². The van der Waals surface area contributed by atoms with Crippen molar-refractivity contribution in [3.63, 3.8) is 0 Å². The summed E-state index contributed by atoms with van der Waals surface area (Å²) < 4.78 is 40.6. The van der Waals surface area contributed by atoms with E-state index in [0.717, 1.165) is 23.3 Å². The van der Waals surface area contributed by atoms with Gasteiger partial charge in [-0.1, -0.05) is 42.5 Å². The van der Waals surface area contributed by atoms with Crippen molar-refractivity contribution in [2.75, 3.05) is 0 Å². The second-order valence-corrected chi connectivity index (χ2v) is 5.73. The molecule has 0 aliphatic heterocycles. The second-order valence-electron chi connectivity index (χ2n) is 5.73. The third-order valence-corrected chi connectivity index (χ3v) is 3.99. The lowest BCUT2D eigenvalue weighted by Crippen LogP contribution is -2.02. The maximum absolute atomic E-state index is 13.8. The normalized spacial score (nSPS) is 10.8. The van der Waals surface area contributed by atoms with E-state index >= 15 is 0 Å². The van der Waals surface area contributed by atoms with Gasteiger partial charge >= 0.3 is 0 Å². The van der Waals surface area contributed by atoms with Crippen LogP contribution >= 0.6 is 0 Å². The Morgan fingerprint density at radius 3 is 1.48 bits per heavy atom. The van der Waals surface area contributed by atoms with Crippen molar-refractivity contribution in [3.8, 4) is 33.9 Å². The Balaban J connectivity index is 1.62. The molecule has 1 heterocycles. The van der Waals surface area contributed by atoms with E-state index in [1.165, 1.54) is 18.2 Å². The molecule has 0 spiro atoms. The van der Waals surface area contributed by atoms with Crippen LogP contribution < -0.4 is 0 Å². The zero-order valence-corrected chi connectivity index (χ0v) is 13.8. The number of halogens is 3. The molecule has 132 valence electrons. The fraction of sp³-hybridized carbons (Fsp3) is 0. The van der Waals surface area contributed by atoms with Gasteiger partial charge in [-0.15, -0.1) is 20.4 Å². The molecule has 0 aliphatic carbocycles. The third-order valence-electron chi connectivity index (χ3n) is 3.99. The number of benzene rings is 3. The molecule has 4 nitrogen and oxygen atoms in total. The Bertz CT molecular complexity index is 1060. The first-order valence-electron chi connectivity index (χ1n) is 8.00. The summed E-state index contributed by atoms with van der Waals surface area (Å²) in [5.74, 6) is -1.87. The zero-order valence-electron chi connectivity index (χ0n) is 13.8. The van der Waals surface area contributed by atoms with Crippen LogP contribution in [0.15, 0.2) is 66.7 Å². The molecule has 0 saturated carbocycles. The third kappa shape index (κ3) is 3.39. The molecule has 7 heteroatoms. The number of hydrogen-bond donors (Lipinski definition) is 0. The molecule has 27 heavy (non-hydrogen) atoms. The Hall–Kier alpha value is -3.61. The average molecular weight is 364 g/mol. The van der Waals surface area contributed by atoms with Crippen LogP contribution in [0.25, 0.3) is 33.9 Å². The number of hydrogen-bond acceptors (Lipinski definition) is 4. The number of rotatable bonds is 3. The molecular formula is C20H11F3N4. The Morgan fingerprint density at radius 1 is 0.481 bits per heavy atom. The minimum Gasteiger partial charge on any atom is -0.207 e. The van der Waals surface area contributed by atoms with E-state index in [4.69, 9.17) is 0 Å². The van der Waals surface area contributed by atoms with Gasteiger partial charge in [0, 0.05) is 5.56 Å². The zero-order chi connectivity index (χ0) is 18.8. The first-order chi connectivity index (χ1) is 13.1. The lowest BCUT2D eigenvalue weighted by atomic mass is 10.0. The molecule has 3 aromatic carbocycles. The van der Waals surface area contributed by atoms with Gasteiger partial charge in [-0.2, -0.15) is 0 Å². The van der Waals surface area contributed by atoms with E-state index in [1.54, 1.807) is 24.3 Å². The predicted octanol–water partition coefficient (Wildman–Crippen LogP) is 4.68. The maximum atomic E-state index is 13.8. The van der Waals surface area contributed by atoms with Crippen molar-refractivity contribution in [2.45, 2.75) is 0 Å². The summed E-state index contributed by atoms with van der Waals surface area (Å²) in [7, 11) is 0. The lowest BCUT2D eigenvalue weighted by molar-refractivity contribution is 0.585. The lowest BCUT2D eigenvalue weighted by Gasteiger charge is -2.05. The van der Waals surface area contributed by atoms with E-state index in [2.05, 4.69) is 20.4 Å². The van der Waals surface area contributed by atoms with Gasteiger partial charge in [0.2, 0.25) is 11.6 Å². The van der Waals surface area contributed by atoms with Crippen LogP contribution in [0.1, 0.15) is 0 Å². The summed E-state index contributed by atoms with van der Waals surface area (Å²) in [6, 6.07) is 16.8. The highest BCUT2D eigenvalue weighted by Crippen LogP contribution is 2.24. The Labute approximate surface area is 152 Å². The van der Waals surface area contributed by atoms with Crippen molar-refractivity contribution in [2.24, 2.45) is 0 Å². The SMILES string of the molecule is Fc1ccc(-c2ccc(-c3nnc(-c4c(F)cccc4F)nn3)cc2)cc1. The molecule has 4 rings (SSSR count). The van der Waals surface area contributed by atoms with Crippen LogP contribution in [0.4, 0.5) is 13.2 Å². The van der Waals surface area contributed by atoms with E-state index in [0.29, 0.717) is 5.56 Å². The van der Waals surface area contributed by atoms with Gasteiger partial charge < -0.3 is 0 Å². The highest BCUT2D eigenvalue weighted by molar-refractivity contribution is 5.67. The van der Waals surface area contributed by atoms with Crippen LogP contribution in [-0.2, 0) is 0 Å². The molecule has 0 amide bonds. The number of aromatic nitrogens is 4. The van der Waals surface area contributed by atoms with Crippen LogP contribution in [0.3, 0.4) is 0 Å². The summed E-state index contributed by atoms with van der Waals surface area (Å²) in [6.07, 6.45) is 0. The Kier molecular flexibility index (Phi) is 4.33. The fourth-order valence-corrected chi connectivity index (χ4v) is 2.61. The van der Waals surface area contributed by atoms with Crippen LogP contribution in [0, 0.1) is 17.5 Å². The molecule has 0 fully saturated rings. The molecular weight excluding hydrogens is 353 g/mol. The quantitative estimate of drug-likeness (QED) is 0.529. The van der Waals surface area contributed by atoms with Crippen LogP contribution in [0.2, 0.25) is 0 Å². The molecule has 1 aromatic heterocycles. The standard InChI is InChI=1S/C20H11F3N4/c21-15-10-8-13(9-11-15)12-4-6-14(7-5-12)19-24-26-20(27-25-19)18-16(22)2-1-3-17(18)23/h1-11H. The maximum Gasteiger partial charge on any atom is 0.209 e. The molecule has 4 aromatic rings. The largest absolute Gasteiger partial charge is 0.209 e. The minimum absolute atomic E-state index is 0.223. The molecule has 0 atom stereocenters. The van der Waals surface area contributed by atoms with Gasteiger partial charge in [0.15, 0.2) is 0 Å². The van der Waals surface area contributed by atoms with Gasteiger partial charge in [0.25, 0.3) is 0 Å². The summed E-state index contributed by atoms with van der Waals surface area (Å²) in [4.78, 5) is 0. The predicted molar refractivity (Wildman–Crippen MR) is 93.8 cm³/mol. The van der Waals surface area contributed by atoms with Crippen molar-refractivity contribution in [1.29, 1.82) is 0 Å². The summed E-state index contributed by atoms with van der Waals surface area (Å²) in [5, 5.41) is 15.4. The van der Waals surface area contributed by atoms with Gasteiger partial charge in [-0.3, -0.25) is 0 Å². The highest BCUT2D eigenvalue weighted by Gasteiger charge is 2.15. The van der Waals surface area contributed by atoms with Crippen LogP contribution in [-0.4, -0.2) is 20.4 Å². The van der Waals surface area contributed by atoms with Crippen molar-refractivity contribution < 1.29 is 13.2 Å². The minimum atomic E-state index is -0.782. The number of nitrogens with zero attached hydrogens (tertiary/aromatic N) is 4. The Morgan fingerprint density at radius 2 is 0.926 bits per heavy atom.